The normalized spacial score (nSPS) is 10.7. The number of nitrogens with one attached hydrogen (secondary N) is 2. The van der Waals surface area contributed by atoms with E-state index >= 15 is 0 Å². The van der Waals surface area contributed by atoms with Crippen LogP contribution in [0, 0.1) is 29.1 Å². The van der Waals surface area contributed by atoms with Crippen LogP contribution >= 0.6 is 11.6 Å². The predicted octanol–water partition coefficient (Wildman–Crippen LogP) is 2.86. The van der Waals surface area contributed by atoms with Crippen molar-refractivity contribution < 1.29 is 22.0 Å². The van der Waals surface area contributed by atoms with Crippen LogP contribution in [0.2, 0.25) is 5.02 Å². The van der Waals surface area contributed by atoms with Crippen LogP contribution < -0.4 is 10.9 Å². The molecule has 0 amide bonds. The zero-order chi connectivity index (χ0) is 15.0. The minimum Gasteiger partial charge on any atom is -0.334 e. The van der Waals surface area contributed by atoms with E-state index in [1.54, 1.807) is 5.32 Å². The fraction of sp³-hybridized carbons (Fsp3) is 0. The maximum atomic E-state index is 13.4. The van der Waals surface area contributed by atoms with Crippen molar-refractivity contribution in [3.05, 3.63) is 50.8 Å². The van der Waals surface area contributed by atoms with Gasteiger partial charge in [-0.2, -0.15) is 0 Å². The fourth-order valence-corrected chi connectivity index (χ4v) is 1.45. The van der Waals surface area contributed by atoms with E-state index in [4.69, 9.17) is 11.6 Å². The molecule has 0 aliphatic rings. The molecule has 2 aromatic rings. The average molecular weight is 312 g/mol. The number of aromatic nitrogens is 2. The van der Waals surface area contributed by atoms with E-state index in [2.05, 4.69) is 9.97 Å². The first kappa shape index (κ1) is 14.3. The number of H-pyrrole nitrogens is 1. The average Bonchev–Trinajstić information content (AvgIpc) is 2.43. The molecule has 0 radical (unpaired) electrons. The van der Waals surface area contributed by atoms with Gasteiger partial charge in [0.25, 0.3) is 5.56 Å². The van der Waals surface area contributed by atoms with Gasteiger partial charge in [-0.05, 0) is 0 Å². The Balaban J connectivity index is 2.60. The standard InChI is InChI=1S/C10H3ClF5N3O/c11-2-9(17-1-18-10(2)20)19-8-6(15)4(13)3(12)5(14)7(8)16/h1H,(H2,17,18,19,20). The molecule has 0 atom stereocenters. The van der Waals surface area contributed by atoms with Gasteiger partial charge >= 0.3 is 0 Å². The maximum Gasteiger partial charge on any atom is 0.271 e. The first-order valence-electron chi connectivity index (χ1n) is 4.86. The summed E-state index contributed by atoms with van der Waals surface area (Å²) in [6, 6.07) is 0. The van der Waals surface area contributed by atoms with Gasteiger partial charge in [0.15, 0.2) is 29.1 Å². The molecule has 1 aromatic carbocycles. The molecule has 106 valence electrons. The minimum atomic E-state index is -2.30. The van der Waals surface area contributed by atoms with Gasteiger partial charge in [-0.3, -0.25) is 4.79 Å². The van der Waals surface area contributed by atoms with Gasteiger partial charge in [-0.15, -0.1) is 0 Å². The summed E-state index contributed by atoms with van der Waals surface area (Å²) in [7, 11) is 0. The number of aromatic amines is 1. The maximum absolute atomic E-state index is 13.4. The summed E-state index contributed by atoms with van der Waals surface area (Å²) in [5.74, 6) is -11.3. The van der Waals surface area contributed by atoms with E-state index in [9.17, 15) is 26.7 Å². The smallest absolute Gasteiger partial charge is 0.271 e. The second-order valence-electron chi connectivity index (χ2n) is 3.46. The van der Waals surface area contributed by atoms with Crippen LogP contribution in [0.5, 0.6) is 0 Å². The second kappa shape index (κ2) is 5.08. The molecule has 0 saturated carbocycles. The Morgan fingerprint density at radius 3 is 2.05 bits per heavy atom. The zero-order valence-corrected chi connectivity index (χ0v) is 9.96. The molecule has 2 rings (SSSR count). The molecular formula is C10H3ClF5N3O. The van der Waals surface area contributed by atoms with Crippen LogP contribution in [-0.4, -0.2) is 9.97 Å². The molecule has 0 bridgehead atoms. The summed E-state index contributed by atoms with van der Waals surface area (Å²) in [6.07, 6.45) is 0.836. The molecule has 0 aliphatic heterocycles. The van der Waals surface area contributed by atoms with E-state index in [-0.39, 0.29) is 0 Å². The van der Waals surface area contributed by atoms with E-state index in [0.29, 0.717) is 0 Å². The quantitative estimate of drug-likeness (QED) is 0.509. The van der Waals surface area contributed by atoms with Crippen LogP contribution in [0.25, 0.3) is 0 Å². The highest BCUT2D eigenvalue weighted by molar-refractivity contribution is 6.32. The zero-order valence-electron chi connectivity index (χ0n) is 9.20. The predicted molar refractivity (Wildman–Crippen MR) is 59.4 cm³/mol. The number of rotatable bonds is 2. The van der Waals surface area contributed by atoms with Crippen molar-refractivity contribution in [3.8, 4) is 0 Å². The van der Waals surface area contributed by atoms with Gasteiger partial charge in [0.1, 0.15) is 10.7 Å². The lowest BCUT2D eigenvalue weighted by atomic mass is 10.2. The van der Waals surface area contributed by atoms with Crippen molar-refractivity contribution in [1.29, 1.82) is 0 Å². The summed E-state index contributed by atoms with van der Waals surface area (Å²) in [5, 5.41) is 1.20. The summed E-state index contributed by atoms with van der Waals surface area (Å²) < 4.78 is 65.5. The number of hydrogen-bond acceptors (Lipinski definition) is 3. The Labute approximate surface area is 112 Å². The summed E-state index contributed by atoms with van der Waals surface area (Å²) >= 11 is 5.48. The largest absolute Gasteiger partial charge is 0.334 e. The van der Waals surface area contributed by atoms with Crippen LogP contribution in [0.1, 0.15) is 0 Å². The van der Waals surface area contributed by atoms with Crippen molar-refractivity contribution >= 4 is 23.1 Å². The molecular weight excluding hydrogens is 309 g/mol. The van der Waals surface area contributed by atoms with Crippen LogP contribution in [0.15, 0.2) is 11.1 Å². The highest BCUT2D eigenvalue weighted by Crippen LogP contribution is 2.30. The third-order valence-corrected chi connectivity index (χ3v) is 2.60. The molecule has 0 fully saturated rings. The fourth-order valence-electron chi connectivity index (χ4n) is 1.30. The number of hydrogen-bond donors (Lipinski definition) is 2. The third kappa shape index (κ3) is 2.20. The summed E-state index contributed by atoms with van der Waals surface area (Å²) in [6.45, 7) is 0. The molecule has 1 aromatic heterocycles. The molecule has 4 nitrogen and oxygen atoms in total. The van der Waals surface area contributed by atoms with Crippen molar-refractivity contribution in [2.45, 2.75) is 0 Å². The number of anilines is 2. The van der Waals surface area contributed by atoms with Gasteiger partial charge < -0.3 is 10.3 Å². The molecule has 2 N–H and O–H groups in total. The van der Waals surface area contributed by atoms with Crippen LogP contribution in [0.4, 0.5) is 33.5 Å². The van der Waals surface area contributed by atoms with Gasteiger partial charge in [0, 0.05) is 0 Å². The van der Waals surface area contributed by atoms with Crippen molar-refractivity contribution in [2.75, 3.05) is 5.32 Å². The van der Waals surface area contributed by atoms with Crippen LogP contribution in [0.3, 0.4) is 0 Å². The number of nitrogens with zero attached hydrogens (tertiary/aromatic N) is 1. The van der Waals surface area contributed by atoms with Gasteiger partial charge in [-0.25, -0.2) is 26.9 Å². The lowest BCUT2D eigenvalue weighted by Gasteiger charge is -2.10. The van der Waals surface area contributed by atoms with E-state index < -0.39 is 51.2 Å². The molecule has 1 heterocycles. The van der Waals surface area contributed by atoms with E-state index in [1.807, 2.05) is 0 Å². The van der Waals surface area contributed by atoms with Crippen molar-refractivity contribution in [1.82, 2.24) is 9.97 Å². The van der Waals surface area contributed by atoms with Gasteiger partial charge in [0.2, 0.25) is 5.82 Å². The molecule has 0 aliphatic carbocycles. The van der Waals surface area contributed by atoms with Crippen molar-refractivity contribution in [3.63, 3.8) is 0 Å². The Bertz CT molecular complexity index is 719. The summed E-state index contributed by atoms with van der Waals surface area (Å²) in [4.78, 5) is 16.6. The first-order chi connectivity index (χ1) is 9.34. The highest BCUT2D eigenvalue weighted by Gasteiger charge is 2.26. The van der Waals surface area contributed by atoms with E-state index in [1.165, 1.54) is 0 Å². The van der Waals surface area contributed by atoms with E-state index in [0.717, 1.165) is 6.33 Å². The second-order valence-corrected chi connectivity index (χ2v) is 3.84. The molecule has 10 heteroatoms. The SMILES string of the molecule is O=c1[nH]cnc(Nc2c(F)c(F)c(F)c(F)c2F)c1Cl. The number of halogens is 6. The molecule has 0 spiro atoms. The highest BCUT2D eigenvalue weighted by atomic mass is 35.5. The Morgan fingerprint density at radius 2 is 1.50 bits per heavy atom. The van der Waals surface area contributed by atoms with Crippen LogP contribution in [-0.2, 0) is 0 Å². The Kier molecular flexibility index (Phi) is 3.62. The van der Waals surface area contributed by atoms with Gasteiger partial charge in [0.05, 0.1) is 6.33 Å². The van der Waals surface area contributed by atoms with Crippen molar-refractivity contribution in [2.24, 2.45) is 0 Å². The lowest BCUT2D eigenvalue weighted by molar-refractivity contribution is 0.382. The molecule has 20 heavy (non-hydrogen) atoms. The Morgan fingerprint density at radius 1 is 1.00 bits per heavy atom. The molecule has 0 saturated heterocycles. The minimum absolute atomic E-state index is 0.557. The first-order valence-corrected chi connectivity index (χ1v) is 5.24. The Hall–Kier alpha value is -2.16. The topological polar surface area (TPSA) is 57.8 Å². The monoisotopic (exact) mass is 311 g/mol. The molecule has 0 unspecified atom stereocenters. The third-order valence-electron chi connectivity index (χ3n) is 2.25. The number of benzene rings is 1. The summed E-state index contributed by atoms with van der Waals surface area (Å²) in [5.41, 5.74) is -2.21. The van der Waals surface area contributed by atoms with Gasteiger partial charge in [-0.1, -0.05) is 11.6 Å². The lowest BCUT2D eigenvalue weighted by Crippen LogP contribution is -2.12.